The lowest BCUT2D eigenvalue weighted by atomic mass is 11.3. The van der Waals surface area contributed by atoms with E-state index < -0.39 is 15.6 Å². The Kier molecular flexibility index (Phi) is 0.867. The van der Waals surface area contributed by atoms with Crippen LogP contribution >= 0.6 is 10.2 Å². The molecule has 0 nitrogen and oxygen atoms in total. The van der Waals surface area contributed by atoms with Crippen LogP contribution in [-0.2, 0) is 0 Å². The Labute approximate surface area is 42.7 Å². The molecule has 52 valence electrons. The van der Waals surface area contributed by atoms with Gasteiger partial charge in [0.25, 0.3) is 0 Å². The van der Waals surface area contributed by atoms with Gasteiger partial charge in [0.1, 0.15) is 0 Å². The van der Waals surface area contributed by atoms with Gasteiger partial charge in [0.15, 0.2) is 0 Å². The maximum Gasteiger partial charge on any atom is 0.303 e. The fourth-order valence-corrected chi connectivity index (χ4v) is 0. The fourth-order valence-electron chi connectivity index (χ4n) is 0. The van der Waals surface area contributed by atoms with Crippen molar-refractivity contribution >= 4 is 10.2 Å². The number of hydrogen-bond donors (Lipinski definition) is 0. The van der Waals surface area contributed by atoms with Crippen molar-refractivity contribution in [3.8, 4) is 0 Å². The molecule has 0 saturated heterocycles. The number of rotatable bonds is 1. The summed E-state index contributed by atoms with van der Waals surface area (Å²) in [5.74, 6) is 0. The molecular weight excluding hydrogens is 151 g/mol. The van der Waals surface area contributed by atoms with Gasteiger partial charge in [0.05, 0.1) is 5.41 Å². The van der Waals surface area contributed by atoms with Gasteiger partial charge >= 0.3 is 10.2 Å². The first-order chi connectivity index (χ1) is 3.04. The maximum atomic E-state index is 10.8. The lowest BCUT2D eigenvalue weighted by molar-refractivity contribution is 0.385. The van der Waals surface area contributed by atoms with Crippen LogP contribution in [0.1, 0.15) is 0 Å². The van der Waals surface area contributed by atoms with Crippen LogP contribution in [0.4, 0.5) is 19.4 Å². The minimum absolute atomic E-state index is 1.24. The van der Waals surface area contributed by atoms with E-state index in [1.165, 1.54) is 0 Å². The van der Waals surface area contributed by atoms with E-state index in [4.69, 9.17) is 0 Å². The lowest BCUT2D eigenvalue weighted by Gasteiger charge is -2.36. The molecule has 6 heteroatoms. The van der Waals surface area contributed by atoms with Gasteiger partial charge in [-0.15, -0.1) is 0 Å². The summed E-state index contributed by atoms with van der Waals surface area (Å²) in [6.45, 7) is 1.95. The van der Waals surface area contributed by atoms with Crippen LogP contribution in [0.5, 0.6) is 0 Å². The Balaban J connectivity index is 4.77. The predicted molar refractivity (Wildman–Crippen MR) is 23.3 cm³/mol. The summed E-state index contributed by atoms with van der Waals surface area (Å²) in [6, 6.07) is 0. The Morgan fingerprint density at radius 3 is 1.12 bits per heavy atom. The molecule has 0 aromatic heterocycles. The van der Waals surface area contributed by atoms with Crippen LogP contribution in [0.15, 0.2) is 12.0 Å². The van der Waals surface area contributed by atoms with E-state index in [1.807, 2.05) is 6.58 Å². The maximum absolute atomic E-state index is 10.8. The molecule has 0 aliphatic carbocycles. The smallest absolute Gasteiger partial charge is 0.0942 e. The second-order valence-electron chi connectivity index (χ2n) is 1.20. The third kappa shape index (κ3) is 5.74. The Morgan fingerprint density at radius 2 is 1.12 bits per heavy atom. The standard InChI is InChI=1S/C2H3F5S/c1-2-8(3,4,5,6)7/h2H,1H2. The van der Waals surface area contributed by atoms with Crippen molar-refractivity contribution in [1.29, 1.82) is 0 Å². The van der Waals surface area contributed by atoms with Crippen LogP contribution in [0.2, 0.25) is 0 Å². The van der Waals surface area contributed by atoms with Crippen LogP contribution < -0.4 is 0 Å². The molecule has 0 bridgehead atoms. The quantitative estimate of drug-likeness (QED) is 0.507. The average Bonchev–Trinajstić information content (AvgIpc) is 1.30. The van der Waals surface area contributed by atoms with Gasteiger partial charge in [0.2, 0.25) is 0 Å². The van der Waals surface area contributed by atoms with Crippen LogP contribution in [0.25, 0.3) is 0 Å². The third-order valence-corrected chi connectivity index (χ3v) is 0.945. The summed E-state index contributed by atoms with van der Waals surface area (Å²) in [4.78, 5) is 0. The van der Waals surface area contributed by atoms with Crippen molar-refractivity contribution in [2.75, 3.05) is 0 Å². The zero-order chi connectivity index (χ0) is 7.12. The molecule has 0 aliphatic heterocycles. The molecule has 0 amide bonds. The normalized spacial score (nSPS) is 21.1. The third-order valence-electron chi connectivity index (χ3n) is 0.315. The molecule has 0 aromatic carbocycles. The van der Waals surface area contributed by atoms with Gasteiger partial charge in [-0.1, -0.05) is 26.0 Å². The fraction of sp³-hybridized carbons (Fsp3) is 0. The van der Waals surface area contributed by atoms with E-state index in [-0.39, 0.29) is 0 Å². The predicted octanol–water partition coefficient (Wildman–Crippen LogP) is 3.43. The molecule has 0 radical (unpaired) electrons. The topological polar surface area (TPSA) is 0 Å². The molecule has 0 spiro atoms. The minimum Gasteiger partial charge on any atom is -0.0942 e. The van der Waals surface area contributed by atoms with Crippen LogP contribution in [-0.4, -0.2) is 0 Å². The monoisotopic (exact) mass is 154 g/mol. The first-order valence-corrected chi connectivity index (χ1v) is 3.43. The highest BCUT2D eigenvalue weighted by molar-refractivity contribution is 8.48. The van der Waals surface area contributed by atoms with E-state index in [2.05, 4.69) is 0 Å². The molecular formula is C2H3F5S. The highest BCUT2D eigenvalue weighted by atomic mass is 32.5. The second-order valence-corrected chi connectivity index (χ2v) is 3.59. The first-order valence-electron chi connectivity index (χ1n) is 1.42. The van der Waals surface area contributed by atoms with Crippen LogP contribution in [0.3, 0.4) is 0 Å². The largest absolute Gasteiger partial charge is 0.303 e. The summed E-state index contributed by atoms with van der Waals surface area (Å²) in [7, 11) is -9.24. The molecule has 0 rings (SSSR count). The van der Waals surface area contributed by atoms with Crippen molar-refractivity contribution in [3.63, 3.8) is 0 Å². The lowest BCUT2D eigenvalue weighted by Crippen LogP contribution is -1.97. The van der Waals surface area contributed by atoms with Gasteiger partial charge in [-0.05, 0) is 0 Å². The highest BCUT2D eigenvalue weighted by Crippen LogP contribution is 2.98. The first kappa shape index (κ1) is 7.74. The minimum atomic E-state index is -9.24. The molecule has 0 aromatic rings. The zero-order valence-electron chi connectivity index (χ0n) is 3.58. The van der Waals surface area contributed by atoms with E-state index >= 15 is 0 Å². The van der Waals surface area contributed by atoms with Crippen molar-refractivity contribution in [2.45, 2.75) is 0 Å². The Bertz CT molecular complexity index is 114. The van der Waals surface area contributed by atoms with E-state index in [1.54, 1.807) is 0 Å². The van der Waals surface area contributed by atoms with Crippen molar-refractivity contribution in [3.05, 3.63) is 12.0 Å². The Morgan fingerprint density at radius 1 is 1.00 bits per heavy atom. The Hall–Kier alpha value is -0.260. The second kappa shape index (κ2) is 0.896. The van der Waals surface area contributed by atoms with Crippen molar-refractivity contribution in [1.82, 2.24) is 0 Å². The summed E-state index contributed by atoms with van der Waals surface area (Å²) < 4.78 is 54.1. The zero-order valence-corrected chi connectivity index (χ0v) is 4.40. The van der Waals surface area contributed by atoms with E-state index in [0.29, 0.717) is 0 Å². The summed E-state index contributed by atoms with van der Waals surface area (Å²) in [5.41, 5.74) is 0. The molecule has 0 atom stereocenters. The number of hydrogen-bond acceptors (Lipinski definition) is 0. The molecule has 8 heavy (non-hydrogen) atoms. The van der Waals surface area contributed by atoms with Crippen molar-refractivity contribution in [2.24, 2.45) is 0 Å². The van der Waals surface area contributed by atoms with Gasteiger partial charge in [-0.25, -0.2) is 0 Å². The molecule has 0 aliphatic rings. The van der Waals surface area contributed by atoms with Gasteiger partial charge in [0, 0.05) is 0 Å². The molecule has 0 unspecified atom stereocenters. The SMILES string of the molecule is C=CS(F)(F)(F)(F)F. The van der Waals surface area contributed by atoms with E-state index in [0.717, 1.165) is 0 Å². The average molecular weight is 154 g/mol. The van der Waals surface area contributed by atoms with Gasteiger partial charge < -0.3 is 0 Å². The van der Waals surface area contributed by atoms with Gasteiger partial charge in [-0.2, -0.15) is 0 Å². The van der Waals surface area contributed by atoms with Gasteiger partial charge in [-0.3, -0.25) is 0 Å². The number of halogens is 5. The van der Waals surface area contributed by atoms with E-state index in [9.17, 15) is 19.4 Å². The van der Waals surface area contributed by atoms with Crippen molar-refractivity contribution < 1.29 is 19.4 Å². The molecule has 0 fully saturated rings. The summed E-state index contributed by atoms with van der Waals surface area (Å²) in [6.07, 6.45) is 0. The van der Waals surface area contributed by atoms with Crippen LogP contribution in [0, 0.1) is 0 Å². The molecule has 0 heterocycles. The molecule has 0 N–H and O–H groups in total. The summed E-state index contributed by atoms with van der Waals surface area (Å²) >= 11 is 0. The molecule has 0 saturated carbocycles. The highest BCUT2D eigenvalue weighted by Gasteiger charge is 2.59. The summed E-state index contributed by atoms with van der Waals surface area (Å²) in [5, 5.41) is -1.24.